The van der Waals surface area contributed by atoms with E-state index in [0.717, 1.165) is 16.6 Å². The van der Waals surface area contributed by atoms with Crippen LogP contribution >= 0.6 is 0 Å². The number of hydrogen-bond donors (Lipinski definition) is 1. The molecule has 0 fully saturated rings. The van der Waals surface area contributed by atoms with Crippen LogP contribution in [0.5, 0.6) is 0 Å². The van der Waals surface area contributed by atoms with E-state index in [1.165, 1.54) is 23.8 Å². The smallest absolute Gasteiger partial charge is 0.343 e. The fourth-order valence-electron chi connectivity index (χ4n) is 4.04. The monoisotopic (exact) mass is 444 g/mol. The lowest BCUT2D eigenvalue weighted by Crippen LogP contribution is -2.42. The van der Waals surface area contributed by atoms with Crippen LogP contribution in [-0.2, 0) is 23.9 Å². The van der Waals surface area contributed by atoms with Crippen LogP contribution in [-0.4, -0.2) is 39.4 Å². The highest BCUT2D eigenvalue weighted by atomic mass is 19.4. The Morgan fingerprint density at radius 3 is 2.53 bits per heavy atom. The number of nitrogens with one attached hydrogen (secondary N) is 1. The molecule has 0 unspecified atom stereocenters. The van der Waals surface area contributed by atoms with Gasteiger partial charge in [0.2, 0.25) is 11.7 Å². The third-order valence-electron chi connectivity index (χ3n) is 5.61. The molecule has 0 saturated heterocycles. The van der Waals surface area contributed by atoms with E-state index >= 15 is 0 Å². The molecule has 4 rings (SSSR count). The predicted octanol–water partition coefficient (Wildman–Crippen LogP) is 3.95. The number of halogens is 3. The predicted molar refractivity (Wildman–Crippen MR) is 113 cm³/mol. The summed E-state index contributed by atoms with van der Waals surface area (Å²) in [5, 5.41) is 2.57. The van der Waals surface area contributed by atoms with Crippen LogP contribution in [0.4, 0.5) is 13.2 Å². The maximum atomic E-state index is 13.4. The van der Waals surface area contributed by atoms with Crippen molar-refractivity contribution in [1.82, 2.24) is 19.8 Å². The molecule has 0 aliphatic carbocycles. The molecule has 2 heterocycles. The number of rotatable bonds is 4. The van der Waals surface area contributed by atoms with E-state index in [-0.39, 0.29) is 23.5 Å². The summed E-state index contributed by atoms with van der Waals surface area (Å²) >= 11 is 0. The topological polar surface area (TPSA) is 67.2 Å². The van der Waals surface area contributed by atoms with Crippen molar-refractivity contribution in [3.8, 4) is 0 Å². The van der Waals surface area contributed by atoms with E-state index in [9.17, 15) is 22.8 Å². The molecule has 1 aliphatic rings. The molecular formula is C23H23F3N4O2. The second-order valence-corrected chi connectivity index (χ2v) is 8.12. The summed E-state index contributed by atoms with van der Waals surface area (Å²) < 4.78 is 41.2. The maximum Gasteiger partial charge on any atom is 0.449 e. The molecule has 1 aromatic heterocycles. The van der Waals surface area contributed by atoms with Crippen LogP contribution in [0, 0.1) is 0 Å². The van der Waals surface area contributed by atoms with Crippen molar-refractivity contribution >= 4 is 22.8 Å². The van der Waals surface area contributed by atoms with Gasteiger partial charge >= 0.3 is 6.18 Å². The van der Waals surface area contributed by atoms with E-state index in [2.05, 4.69) is 10.3 Å². The van der Waals surface area contributed by atoms with Gasteiger partial charge in [0.05, 0.1) is 17.6 Å². The Kier molecular flexibility index (Phi) is 5.66. The van der Waals surface area contributed by atoms with Gasteiger partial charge in [-0.1, -0.05) is 24.3 Å². The zero-order valence-electron chi connectivity index (χ0n) is 17.7. The molecule has 2 amide bonds. The van der Waals surface area contributed by atoms with E-state index in [1.807, 2.05) is 24.3 Å². The summed E-state index contributed by atoms with van der Waals surface area (Å²) in [6, 6.07) is 11.7. The van der Waals surface area contributed by atoms with E-state index < -0.39 is 23.9 Å². The Morgan fingerprint density at radius 1 is 1.12 bits per heavy atom. The molecule has 9 heteroatoms. The van der Waals surface area contributed by atoms with Crippen LogP contribution in [0.25, 0.3) is 11.0 Å². The first kappa shape index (κ1) is 21.9. The summed E-state index contributed by atoms with van der Waals surface area (Å²) in [7, 11) is 0. The van der Waals surface area contributed by atoms with Crippen molar-refractivity contribution in [3.05, 3.63) is 65.0 Å². The van der Waals surface area contributed by atoms with Crippen LogP contribution in [0.1, 0.15) is 47.2 Å². The second kappa shape index (κ2) is 8.29. The summed E-state index contributed by atoms with van der Waals surface area (Å²) in [6.45, 7) is 4.16. The molecule has 32 heavy (non-hydrogen) atoms. The molecule has 3 aromatic rings. The number of benzene rings is 2. The standard InChI is InChI=1S/C23H23F3N4O2/c1-14(2)30-19-8-7-16(11-18(19)28-22(30)23(24,25)26)21(32)27-12-20(31)29-10-9-15-5-3-4-6-17(15)13-29/h3-8,11,14H,9-10,12-13H2,1-2H3,(H,27,32). The van der Waals surface area contributed by atoms with Gasteiger partial charge < -0.3 is 14.8 Å². The number of fused-ring (bicyclic) bond motifs is 2. The van der Waals surface area contributed by atoms with E-state index in [1.54, 1.807) is 18.7 Å². The zero-order valence-corrected chi connectivity index (χ0v) is 17.7. The minimum Gasteiger partial charge on any atom is -0.343 e. The fraction of sp³-hybridized carbons (Fsp3) is 0.348. The number of amides is 2. The molecule has 168 valence electrons. The van der Waals surface area contributed by atoms with Crippen molar-refractivity contribution in [2.24, 2.45) is 0 Å². The van der Waals surface area contributed by atoms with Crippen LogP contribution in [0.3, 0.4) is 0 Å². The third-order valence-corrected chi connectivity index (χ3v) is 5.61. The van der Waals surface area contributed by atoms with Gasteiger partial charge in [0.15, 0.2) is 0 Å². The number of aromatic nitrogens is 2. The first-order chi connectivity index (χ1) is 15.1. The lowest BCUT2D eigenvalue weighted by atomic mass is 10.00. The van der Waals surface area contributed by atoms with Gasteiger partial charge in [-0.05, 0) is 49.6 Å². The average Bonchev–Trinajstić information content (AvgIpc) is 3.16. The number of imidazole rings is 1. The van der Waals surface area contributed by atoms with Crippen molar-refractivity contribution < 1.29 is 22.8 Å². The molecule has 2 aromatic carbocycles. The summed E-state index contributed by atoms with van der Waals surface area (Å²) in [4.78, 5) is 30.5. The number of carbonyl (C=O) groups excluding carboxylic acids is 2. The second-order valence-electron chi connectivity index (χ2n) is 8.12. The normalized spacial score (nSPS) is 14.0. The van der Waals surface area contributed by atoms with Gasteiger partial charge in [-0.3, -0.25) is 9.59 Å². The van der Waals surface area contributed by atoms with Gasteiger partial charge in [-0.15, -0.1) is 0 Å². The highest BCUT2D eigenvalue weighted by Crippen LogP contribution is 2.34. The highest BCUT2D eigenvalue weighted by Gasteiger charge is 2.38. The van der Waals surface area contributed by atoms with Gasteiger partial charge in [0.1, 0.15) is 0 Å². The van der Waals surface area contributed by atoms with Gasteiger partial charge in [0, 0.05) is 24.7 Å². The summed E-state index contributed by atoms with van der Waals surface area (Å²) in [6.07, 6.45) is -3.85. The molecule has 0 saturated carbocycles. The third kappa shape index (κ3) is 4.19. The minimum atomic E-state index is -4.61. The lowest BCUT2D eigenvalue weighted by Gasteiger charge is -2.29. The Balaban J connectivity index is 1.47. The number of alkyl halides is 3. The number of carbonyl (C=O) groups is 2. The zero-order chi connectivity index (χ0) is 23.0. The lowest BCUT2D eigenvalue weighted by molar-refractivity contribution is -0.147. The van der Waals surface area contributed by atoms with E-state index in [4.69, 9.17) is 0 Å². The van der Waals surface area contributed by atoms with Crippen molar-refractivity contribution in [2.75, 3.05) is 13.1 Å². The van der Waals surface area contributed by atoms with E-state index in [0.29, 0.717) is 18.6 Å². The Hall–Kier alpha value is -3.36. The summed E-state index contributed by atoms with van der Waals surface area (Å²) in [5.41, 5.74) is 2.83. The van der Waals surface area contributed by atoms with Crippen molar-refractivity contribution in [3.63, 3.8) is 0 Å². The first-order valence-corrected chi connectivity index (χ1v) is 10.4. The molecule has 0 spiro atoms. The van der Waals surface area contributed by atoms with Crippen molar-refractivity contribution in [1.29, 1.82) is 0 Å². The molecule has 1 N–H and O–H groups in total. The SMILES string of the molecule is CC(C)n1c(C(F)(F)F)nc2cc(C(=O)NCC(=O)N3CCc4ccccc4C3)ccc21. The number of nitrogens with zero attached hydrogens (tertiary/aromatic N) is 3. The van der Waals surface area contributed by atoms with Crippen LogP contribution in [0.15, 0.2) is 42.5 Å². The highest BCUT2D eigenvalue weighted by molar-refractivity contribution is 5.99. The Labute approximate surface area is 183 Å². The van der Waals surface area contributed by atoms with Gasteiger partial charge in [-0.25, -0.2) is 4.98 Å². The maximum absolute atomic E-state index is 13.4. The summed E-state index contributed by atoms with van der Waals surface area (Å²) in [5.74, 6) is -1.75. The van der Waals surface area contributed by atoms with Gasteiger partial charge in [0.25, 0.3) is 5.91 Å². The number of hydrogen-bond acceptors (Lipinski definition) is 3. The quantitative estimate of drug-likeness (QED) is 0.663. The van der Waals surface area contributed by atoms with Gasteiger partial charge in [-0.2, -0.15) is 13.2 Å². The Morgan fingerprint density at radius 2 is 1.84 bits per heavy atom. The molecule has 0 bridgehead atoms. The Bertz CT molecular complexity index is 1180. The largest absolute Gasteiger partial charge is 0.449 e. The molecule has 6 nitrogen and oxygen atoms in total. The fourth-order valence-corrected chi connectivity index (χ4v) is 4.04. The first-order valence-electron chi connectivity index (χ1n) is 10.4. The molecule has 0 radical (unpaired) electrons. The minimum absolute atomic E-state index is 0.0811. The van der Waals surface area contributed by atoms with Crippen molar-refractivity contribution in [2.45, 2.75) is 39.0 Å². The molecular weight excluding hydrogens is 421 g/mol. The molecule has 1 aliphatic heterocycles. The molecule has 0 atom stereocenters. The van der Waals surface area contributed by atoms with Crippen LogP contribution in [0.2, 0.25) is 0 Å². The van der Waals surface area contributed by atoms with Crippen LogP contribution < -0.4 is 5.32 Å². The average molecular weight is 444 g/mol.